The van der Waals surface area contributed by atoms with E-state index in [0.29, 0.717) is 12.6 Å². The molecule has 0 fully saturated rings. The van der Waals surface area contributed by atoms with E-state index in [2.05, 4.69) is 44.3 Å². The average Bonchev–Trinajstić information content (AvgIpc) is 2.84. The number of hydrogen-bond donors (Lipinski definition) is 1. The van der Waals surface area contributed by atoms with Crippen LogP contribution < -0.4 is 5.32 Å². The molecule has 0 aliphatic heterocycles. The van der Waals surface area contributed by atoms with Gasteiger partial charge in [-0.2, -0.15) is 0 Å². The topological polar surface area (TPSA) is 34.4 Å². The number of ether oxygens (including phenoxy) is 1. The predicted molar refractivity (Wildman–Crippen MR) is 85.1 cm³/mol. The molecule has 1 unspecified atom stereocenters. The molecule has 0 amide bonds. The number of hydrogen-bond acceptors (Lipinski definition) is 3. The van der Waals surface area contributed by atoms with Crippen LogP contribution in [0.3, 0.4) is 0 Å². The maximum Gasteiger partial charge on any atom is 0.118 e. The molecular formula is C18H25NO2. The van der Waals surface area contributed by atoms with E-state index in [1.807, 2.05) is 25.1 Å². The maximum atomic E-state index is 5.95. The highest BCUT2D eigenvalue weighted by molar-refractivity contribution is 5.21. The van der Waals surface area contributed by atoms with E-state index in [1.165, 1.54) is 5.56 Å². The van der Waals surface area contributed by atoms with Gasteiger partial charge in [-0.15, -0.1) is 0 Å². The standard InChI is InChI=1S/C18H25NO2/c1-13(2)19-11-18-10-17(15(4)21-18)12-20-14(3)16-8-6-5-7-9-16/h5-10,13-14,19H,11-12H2,1-4H3. The number of rotatable bonds is 7. The van der Waals surface area contributed by atoms with Crippen LogP contribution in [-0.4, -0.2) is 6.04 Å². The summed E-state index contributed by atoms with van der Waals surface area (Å²) in [5.74, 6) is 1.91. The Bertz CT molecular complexity index is 546. The van der Waals surface area contributed by atoms with Crippen molar-refractivity contribution in [3.05, 3.63) is 59.0 Å². The summed E-state index contributed by atoms with van der Waals surface area (Å²) in [7, 11) is 0. The molecule has 0 radical (unpaired) electrons. The maximum absolute atomic E-state index is 5.95. The third-order valence-corrected chi connectivity index (χ3v) is 3.51. The fraction of sp³-hybridized carbons (Fsp3) is 0.444. The summed E-state index contributed by atoms with van der Waals surface area (Å²) >= 11 is 0. The number of benzene rings is 1. The SMILES string of the molecule is Cc1oc(CNC(C)C)cc1COC(C)c1ccccc1. The molecule has 0 aliphatic carbocycles. The van der Waals surface area contributed by atoms with Gasteiger partial charge in [0.05, 0.1) is 19.3 Å². The van der Waals surface area contributed by atoms with Crippen LogP contribution in [-0.2, 0) is 17.9 Å². The van der Waals surface area contributed by atoms with Crippen molar-refractivity contribution in [2.45, 2.75) is 53.0 Å². The lowest BCUT2D eigenvalue weighted by Gasteiger charge is -2.12. The molecule has 21 heavy (non-hydrogen) atoms. The van der Waals surface area contributed by atoms with Gasteiger partial charge in [0.1, 0.15) is 11.5 Å². The van der Waals surface area contributed by atoms with Crippen molar-refractivity contribution in [1.29, 1.82) is 0 Å². The first-order valence-corrected chi connectivity index (χ1v) is 7.54. The lowest BCUT2D eigenvalue weighted by atomic mass is 10.1. The van der Waals surface area contributed by atoms with Crippen molar-refractivity contribution < 1.29 is 9.15 Å². The van der Waals surface area contributed by atoms with E-state index in [9.17, 15) is 0 Å². The minimum absolute atomic E-state index is 0.0812. The fourth-order valence-electron chi connectivity index (χ4n) is 2.16. The number of nitrogens with one attached hydrogen (secondary N) is 1. The molecule has 1 aromatic heterocycles. The molecule has 0 spiro atoms. The lowest BCUT2D eigenvalue weighted by Crippen LogP contribution is -2.21. The van der Waals surface area contributed by atoms with Crippen molar-refractivity contribution in [3.8, 4) is 0 Å². The third-order valence-electron chi connectivity index (χ3n) is 3.51. The van der Waals surface area contributed by atoms with Gasteiger partial charge < -0.3 is 14.5 Å². The molecule has 2 aromatic rings. The van der Waals surface area contributed by atoms with Gasteiger partial charge in [0, 0.05) is 11.6 Å². The van der Waals surface area contributed by atoms with Crippen molar-refractivity contribution in [2.75, 3.05) is 0 Å². The second-order valence-electron chi connectivity index (χ2n) is 5.69. The Kier molecular flexibility index (Phi) is 5.59. The minimum atomic E-state index is 0.0812. The zero-order valence-corrected chi connectivity index (χ0v) is 13.3. The summed E-state index contributed by atoms with van der Waals surface area (Å²) in [6.07, 6.45) is 0.0812. The monoisotopic (exact) mass is 287 g/mol. The minimum Gasteiger partial charge on any atom is -0.465 e. The highest BCUT2D eigenvalue weighted by Gasteiger charge is 2.11. The van der Waals surface area contributed by atoms with E-state index in [0.717, 1.165) is 23.6 Å². The zero-order valence-electron chi connectivity index (χ0n) is 13.3. The molecule has 1 heterocycles. The molecule has 1 atom stereocenters. The Morgan fingerprint density at radius 3 is 2.52 bits per heavy atom. The molecule has 2 rings (SSSR count). The summed E-state index contributed by atoms with van der Waals surface area (Å²) in [6, 6.07) is 12.8. The van der Waals surface area contributed by atoms with Crippen LogP contribution in [0.25, 0.3) is 0 Å². The van der Waals surface area contributed by atoms with Crippen LogP contribution in [0.2, 0.25) is 0 Å². The summed E-state index contributed by atoms with van der Waals surface area (Å²) in [5, 5.41) is 3.36. The quantitative estimate of drug-likeness (QED) is 0.821. The van der Waals surface area contributed by atoms with Crippen LogP contribution in [0.1, 0.15) is 49.5 Å². The molecular weight excluding hydrogens is 262 g/mol. The summed E-state index contributed by atoms with van der Waals surface area (Å²) in [6.45, 7) is 9.65. The Morgan fingerprint density at radius 1 is 1.14 bits per heavy atom. The second kappa shape index (κ2) is 7.43. The van der Waals surface area contributed by atoms with Crippen molar-refractivity contribution >= 4 is 0 Å². The molecule has 0 saturated carbocycles. The Labute approximate surface area is 127 Å². The van der Waals surface area contributed by atoms with Crippen LogP contribution >= 0.6 is 0 Å². The van der Waals surface area contributed by atoms with Gasteiger partial charge in [-0.25, -0.2) is 0 Å². The van der Waals surface area contributed by atoms with Crippen LogP contribution in [0.4, 0.5) is 0 Å². The Hall–Kier alpha value is -1.58. The molecule has 1 aromatic carbocycles. The van der Waals surface area contributed by atoms with Crippen LogP contribution in [0.15, 0.2) is 40.8 Å². The fourth-order valence-corrected chi connectivity index (χ4v) is 2.16. The Morgan fingerprint density at radius 2 is 1.86 bits per heavy atom. The van der Waals surface area contributed by atoms with Gasteiger partial charge >= 0.3 is 0 Å². The Balaban J connectivity index is 1.91. The highest BCUT2D eigenvalue weighted by Crippen LogP contribution is 2.21. The average molecular weight is 287 g/mol. The van der Waals surface area contributed by atoms with E-state index in [1.54, 1.807) is 0 Å². The van der Waals surface area contributed by atoms with Crippen molar-refractivity contribution in [2.24, 2.45) is 0 Å². The normalized spacial score (nSPS) is 12.8. The van der Waals surface area contributed by atoms with E-state index in [-0.39, 0.29) is 6.10 Å². The second-order valence-corrected chi connectivity index (χ2v) is 5.69. The van der Waals surface area contributed by atoms with Gasteiger partial charge in [0.2, 0.25) is 0 Å². The van der Waals surface area contributed by atoms with Gasteiger partial charge in [-0.05, 0) is 25.5 Å². The van der Waals surface area contributed by atoms with Crippen molar-refractivity contribution in [3.63, 3.8) is 0 Å². The molecule has 1 N–H and O–H groups in total. The largest absolute Gasteiger partial charge is 0.465 e. The van der Waals surface area contributed by atoms with E-state index < -0.39 is 0 Å². The highest BCUT2D eigenvalue weighted by atomic mass is 16.5. The molecule has 0 aliphatic rings. The first-order chi connectivity index (χ1) is 10.1. The van der Waals surface area contributed by atoms with Gasteiger partial charge in [-0.3, -0.25) is 0 Å². The van der Waals surface area contributed by atoms with Gasteiger partial charge in [-0.1, -0.05) is 44.2 Å². The summed E-state index contributed by atoms with van der Waals surface area (Å²) in [5.41, 5.74) is 2.32. The molecule has 3 heteroatoms. The number of aryl methyl sites for hydroxylation is 1. The molecule has 0 bridgehead atoms. The smallest absolute Gasteiger partial charge is 0.118 e. The summed E-state index contributed by atoms with van der Waals surface area (Å²) in [4.78, 5) is 0. The molecule has 0 saturated heterocycles. The predicted octanol–water partition coefficient (Wildman–Crippen LogP) is 4.36. The molecule has 114 valence electrons. The van der Waals surface area contributed by atoms with Gasteiger partial charge in [0.15, 0.2) is 0 Å². The number of furan rings is 1. The van der Waals surface area contributed by atoms with Gasteiger partial charge in [0.25, 0.3) is 0 Å². The van der Waals surface area contributed by atoms with Crippen LogP contribution in [0.5, 0.6) is 0 Å². The molecule has 3 nitrogen and oxygen atoms in total. The zero-order chi connectivity index (χ0) is 15.2. The first kappa shape index (κ1) is 15.8. The lowest BCUT2D eigenvalue weighted by molar-refractivity contribution is 0.0519. The van der Waals surface area contributed by atoms with Crippen LogP contribution in [0, 0.1) is 6.92 Å². The van der Waals surface area contributed by atoms with E-state index in [4.69, 9.17) is 9.15 Å². The summed E-state index contributed by atoms with van der Waals surface area (Å²) < 4.78 is 11.7. The third kappa shape index (κ3) is 4.73. The van der Waals surface area contributed by atoms with Crippen molar-refractivity contribution in [1.82, 2.24) is 5.32 Å². The first-order valence-electron chi connectivity index (χ1n) is 7.54. The van der Waals surface area contributed by atoms with E-state index >= 15 is 0 Å².